The highest BCUT2D eigenvalue weighted by Gasteiger charge is 2.28. The topological polar surface area (TPSA) is 54.5 Å². The van der Waals surface area contributed by atoms with Gasteiger partial charge in [0.05, 0.1) is 0 Å². The fourth-order valence-electron chi connectivity index (χ4n) is 2.75. The number of anilines is 1. The Balaban J connectivity index is 2.15. The van der Waals surface area contributed by atoms with Crippen molar-refractivity contribution >= 4 is 11.9 Å². The van der Waals surface area contributed by atoms with E-state index in [1.54, 1.807) is 6.20 Å². The molecule has 1 saturated heterocycles. The lowest BCUT2D eigenvalue weighted by molar-refractivity contribution is 0.0635. The monoisotopic (exact) mass is 291 g/mol. The van der Waals surface area contributed by atoms with Crippen LogP contribution < -0.4 is 5.32 Å². The first-order valence-corrected chi connectivity index (χ1v) is 7.59. The molecule has 1 aliphatic heterocycles. The van der Waals surface area contributed by atoms with Gasteiger partial charge in [0.1, 0.15) is 11.4 Å². The Bertz CT molecular complexity index is 497. The Morgan fingerprint density at radius 3 is 2.95 bits per heavy atom. The Hall–Kier alpha value is -1.62. The van der Waals surface area contributed by atoms with Crippen LogP contribution in [-0.2, 0) is 4.74 Å². The van der Waals surface area contributed by atoms with Crippen LogP contribution in [0.1, 0.15) is 52.1 Å². The van der Waals surface area contributed by atoms with Gasteiger partial charge in [0.2, 0.25) is 0 Å². The molecular formula is C16H25N3O2. The van der Waals surface area contributed by atoms with Crippen LogP contribution in [0.15, 0.2) is 18.3 Å². The number of aromatic nitrogens is 1. The highest BCUT2D eigenvalue weighted by Crippen LogP contribution is 2.34. The van der Waals surface area contributed by atoms with Crippen molar-refractivity contribution in [3.8, 4) is 0 Å². The molecule has 1 fully saturated rings. The third-order valence-electron chi connectivity index (χ3n) is 3.59. The minimum absolute atomic E-state index is 0.327. The average molecular weight is 291 g/mol. The Kier molecular flexibility index (Phi) is 4.83. The molecule has 0 radical (unpaired) electrons. The summed E-state index contributed by atoms with van der Waals surface area (Å²) < 4.78 is 5.31. The molecule has 1 aliphatic rings. The van der Waals surface area contributed by atoms with Gasteiger partial charge in [0, 0.05) is 17.8 Å². The number of rotatable bonds is 3. The normalized spacial score (nSPS) is 19.5. The van der Waals surface area contributed by atoms with E-state index in [0.717, 1.165) is 25.1 Å². The van der Waals surface area contributed by atoms with Crippen molar-refractivity contribution in [1.29, 1.82) is 0 Å². The maximum Gasteiger partial charge on any atom is 0.413 e. The Morgan fingerprint density at radius 2 is 2.29 bits per heavy atom. The number of hydrogen-bond acceptors (Lipinski definition) is 4. The van der Waals surface area contributed by atoms with Gasteiger partial charge in [-0.15, -0.1) is 0 Å². The second-order valence-corrected chi connectivity index (χ2v) is 6.35. The smallest absolute Gasteiger partial charge is 0.413 e. The summed E-state index contributed by atoms with van der Waals surface area (Å²) in [7, 11) is 0. The standard InChI is InChI=1S/C16H25N3O2/c1-5-19-11-7-9-13(19)12-8-6-10-17-14(12)18-15(20)21-16(2,3)4/h6,8,10,13H,5,7,9,11H2,1-4H3,(H,17,18,20)/t13-/m1/s1. The van der Waals surface area contributed by atoms with E-state index in [-0.39, 0.29) is 0 Å². The van der Waals surface area contributed by atoms with E-state index in [4.69, 9.17) is 4.74 Å². The summed E-state index contributed by atoms with van der Waals surface area (Å²) in [5.41, 5.74) is 0.560. The van der Waals surface area contributed by atoms with E-state index >= 15 is 0 Å². The molecule has 116 valence electrons. The first-order valence-electron chi connectivity index (χ1n) is 7.59. The van der Waals surface area contributed by atoms with Gasteiger partial charge in [-0.2, -0.15) is 0 Å². The molecule has 0 saturated carbocycles. The summed E-state index contributed by atoms with van der Waals surface area (Å²) in [6, 6.07) is 4.29. The number of nitrogens with zero attached hydrogens (tertiary/aromatic N) is 2. The summed E-state index contributed by atoms with van der Waals surface area (Å²) in [6.07, 6.45) is 3.52. The molecule has 5 nitrogen and oxygen atoms in total. The number of carbonyl (C=O) groups excluding carboxylic acids is 1. The number of pyridine rings is 1. The zero-order valence-corrected chi connectivity index (χ0v) is 13.3. The second-order valence-electron chi connectivity index (χ2n) is 6.35. The minimum Gasteiger partial charge on any atom is -0.444 e. The molecule has 5 heteroatoms. The highest BCUT2D eigenvalue weighted by molar-refractivity contribution is 5.84. The zero-order chi connectivity index (χ0) is 15.5. The molecule has 1 N–H and O–H groups in total. The van der Waals surface area contributed by atoms with E-state index in [1.807, 2.05) is 32.9 Å². The van der Waals surface area contributed by atoms with Gasteiger partial charge in [0.25, 0.3) is 0 Å². The molecule has 0 spiro atoms. The summed E-state index contributed by atoms with van der Waals surface area (Å²) >= 11 is 0. The number of likely N-dealkylation sites (tertiary alicyclic amines) is 1. The summed E-state index contributed by atoms with van der Waals surface area (Å²) in [4.78, 5) is 18.7. The van der Waals surface area contributed by atoms with Crippen LogP contribution in [0.25, 0.3) is 0 Å². The minimum atomic E-state index is -0.512. The second kappa shape index (κ2) is 6.43. The third-order valence-corrected chi connectivity index (χ3v) is 3.59. The van der Waals surface area contributed by atoms with Crippen LogP contribution >= 0.6 is 0 Å². The maximum atomic E-state index is 12.0. The van der Waals surface area contributed by atoms with Crippen molar-refractivity contribution in [2.45, 2.75) is 52.2 Å². The largest absolute Gasteiger partial charge is 0.444 e. The molecule has 0 unspecified atom stereocenters. The lowest BCUT2D eigenvalue weighted by Crippen LogP contribution is -2.29. The Morgan fingerprint density at radius 1 is 1.52 bits per heavy atom. The van der Waals surface area contributed by atoms with Crippen molar-refractivity contribution in [2.24, 2.45) is 0 Å². The van der Waals surface area contributed by atoms with Crippen LogP contribution in [-0.4, -0.2) is 34.7 Å². The van der Waals surface area contributed by atoms with Crippen molar-refractivity contribution in [3.05, 3.63) is 23.9 Å². The van der Waals surface area contributed by atoms with Gasteiger partial charge in [-0.05, 0) is 52.8 Å². The van der Waals surface area contributed by atoms with E-state index < -0.39 is 11.7 Å². The van der Waals surface area contributed by atoms with Crippen molar-refractivity contribution < 1.29 is 9.53 Å². The van der Waals surface area contributed by atoms with Gasteiger partial charge in [-0.3, -0.25) is 10.2 Å². The molecule has 2 rings (SSSR count). The van der Waals surface area contributed by atoms with Gasteiger partial charge < -0.3 is 4.74 Å². The van der Waals surface area contributed by atoms with Crippen LogP contribution in [0.4, 0.5) is 10.6 Å². The van der Waals surface area contributed by atoms with Gasteiger partial charge >= 0.3 is 6.09 Å². The van der Waals surface area contributed by atoms with E-state index in [1.165, 1.54) is 6.42 Å². The fraction of sp³-hybridized carbons (Fsp3) is 0.625. The molecule has 0 aromatic carbocycles. The van der Waals surface area contributed by atoms with Gasteiger partial charge in [0.15, 0.2) is 0 Å². The maximum absolute atomic E-state index is 12.0. The molecule has 0 aliphatic carbocycles. The molecule has 2 heterocycles. The van der Waals surface area contributed by atoms with Crippen LogP contribution in [0, 0.1) is 0 Å². The van der Waals surface area contributed by atoms with Crippen LogP contribution in [0.2, 0.25) is 0 Å². The molecule has 1 amide bonds. The third kappa shape index (κ3) is 4.17. The zero-order valence-electron chi connectivity index (χ0n) is 13.3. The first-order chi connectivity index (χ1) is 9.90. The fourth-order valence-corrected chi connectivity index (χ4v) is 2.75. The predicted molar refractivity (Wildman–Crippen MR) is 83.3 cm³/mol. The van der Waals surface area contributed by atoms with Crippen molar-refractivity contribution in [3.63, 3.8) is 0 Å². The van der Waals surface area contributed by atoms with E-state index in [2.05, 4.69) is 22.1 Å². The summed E-state index contributed by atoms with van der Waals surface area (Å²) in [5, 5.41) is 2.79. The number of amides is 1. The van der Waals surface area contributed by atoms with Crippen molar-refractivity contribution in [1.82, 2.24) is 9.88 Å². The number of carbonyl (C=O) groups is 1. The van der Waals surface area contributed by atoms with Crippen LogP contribution in [0.3, 0.4) is 0 Å². The molecule has 1 aromatic rings. The molecule has 21 heavy (non-hydrogen) atoms. The SMILES string of the molecule is CCN1CCC[C@@H]1c1cccnc1NC(=O)OC(C)(C)C. The van der Waals surface area contributed by atoms with E-state index in [9.17, 15) is 4.79 Å². The number of nitrogens with one attached hydrogen (secondary N) is 1. The lowest BCUT2D eigenvalue weighted by Gasteiger charge is -2.25. The highest BCUT2D eigenvalue weighted by atomic mass is 16.6. The van der Waals surface area contributed by atoms with Crippen molar-refractivity contribution in [2.75, 3.05) is 18.4 Å². The molecule has 1 atom stereocenters. The summed E-state index contributed by atoms with van der Waals surface area (Å²) in [6.45, 7) is 9.81. The molecule has 1 aromatic heterocycles. The number of ether oxygens (including phenoxy) is 1. The Labute approximate surface area is 126 Å². The van der Waals surface area contributed by atoms with E-state index in [0.29, 0.717) is 11.9 Å². The van der Waals surface area contributed by atoms with Crippen LogP contribution in [0.5, 0.6) is 0 Å². The number of hydrogen-bond donors (Lipinski definition) is 1. The van der Waals surface area contributed by atoms with Gasteiger partial charge in [-0.25, -0.2) is 9.78 Å². The molecular weight excluding hydrogens is 266 g/mol. The first kappa shape index (κ1) is 15.8. The van der Waals surface area contributed by atoms with Gasteiger partial charge in [-0.1, -0.05) is 13.0 Å². The lowest BCUT2D eigenvalue weighted by atomic mass is 10.1. The molecule has 0 bridgehead atoms. The predicted octanol–water partition coefficient (Wildman–Crippen LogP) is 3.59. The summed E-state index contributed by atoms with van der Waals surface area (Å²) in [5.74, 6) is 0.608. The average Bonchev–Trinajstić information content (AvgIpc) is 2.85. The quantitative estimate of drug-likeness (QED) is 0.924.